The maximum atomic E-state index is 13.5. The number of rotatable bonds is 7. The Labute approximate surface area is 194 Å². The van der Waals surface area contributed by atoms with Crippen LogP contribution in [0.25, 0.3) is 11.8 Å². The molecular weight excluding hydrogens is 412 g/mol. The third kappa shape index (κ3) is 4.46. The summed E-state index contributed by atoms with van der Waals surface area (Å²) in [7, 11) is 0. The van der Waals surface area contributed by atoms with Gasteiger partial charge in [-0.1, -0.05) is 51.0 Å². The van der Waals surface area contributed by atoms with Gasteiger partial charge in [-0.15, -0.1) is 0 Å². The molecule has 1 N–H and O–H groups in total. The normalized spacial score (nSPS) is 14.9. The zero-order chi connectivity index (χ0) is 23.5. The van der Waals surface area contributed by atoms with Crippen LogP contribution in [0, 0.1) is 13.8 Å². The summed E-state index contributed by atoms with van der Waals surface area (Å²) < 4.78 is 1.57. The number of hydrazone groups is 1. The molecule has 6 nitrogen and oxygen atoms in total. The third-order valence-corrected chi connectivity index (χ3v) is 5.74. The van der Waals surface area contributed by atoms with Gasteiger partial charge in [0.05, 0.1) is 28.2 Å². The van der Waals surface area contributed by atoms with Gasteiger partial charge in [0.25, 0.3) is 11.5 Å². The zero-order valence-corrected chi connectivity index (χ0v) is 19.7. The third-order valence-electron chi connectivity index (χ3n) is 5.74. The molecule has 33 heavy (non-hydrogen) atoms. The van der Waals surface area contributed by atoms with E-state index in [2.05, 4.69) is 24.0 Å². The average molecular weight is 443 g/mol. The first-order valence-corrected chi connectivity index (χ1v) is 11.5. The van der Waals surface area contributed by atoms with Crippen molar-refractivity contribution in [3.8, 4) is 5.69 Å². The van der Waals surface area contributed by atoms with Gasteiger partial charge in [0.1, 0.15) is 0 Å². The fraction of sp³-hybridized carbons (Fsp3) is 0.296. The van der Waals surface area contributed by atoms with Gasteiger partial charge in [-0.2, -0.15) is 10.1 Å². The topological polar surface area (TPSA) is 70.5 Å². The Bertz CT molecular complexity index is 1310. The number of hydrogen-bond acceptors (Lipinski definition) is 3. The minimum Gasteiger partial charge on any atom is -0.294 e. The number of nitrogens with zero attached hydrogens (tertiary/aromatic N) is 3. The number of anilines is 1. The molecule has 0 aliphatic carbocycles. The van der Waals surface area contributed by atoms with E-state index in [0.29, 0.717) is 29.7 Å². The maximum Gasteiger partial charge on any atom is 0.280 e. The summed E-state index contributed by atoms with van der Waals surface area (Å²) >= 11 is 0. The molecule has 1 aliphatic heterocycles. The smallest absolute Gasteiger partial charge is 0.280 e. The van der Waals surface area contributed by atoms with Crippen molar-refractivity contribution in [3.63, 3.8) is 0 Å². The second-order valence-electron chi connectivity index (χ2n) is 8.54. The molecule has 1 amide bonds. The number of aromatic amines is 1. The van der Waals surface area contributed by atoms with Crippen molar-refractivity contribution in [2.75, 3.05) is 5.01 Å². The van der Waals surface area contributed by atoms with Gasteiger partial charge < -0.3 is 0 Å². The van der Waals surface area contributed by atoms with Gasteiger partial charge in [0.15, 0.2) is 0 Å². The van der Waals surface area contributed by atoms with Crippen molar-refractivity contribution in [2.45, 2.75) is 53.4 Å². The Balaban J connectivity index is 1.82. The number of carbonyl (C=O) groups excluding carboxylic acids is 1. The van der Waals surface area contributed by atoms with Crippen LogP contribution in [0.1, 0.15) is 55.5 Å². The van der Waals surface area contributed by atoms with Crippen molar-refractivity contribution >= 4 is 23.4 Å². The predicted octanol–water partition coefficient (Wildman–Crippen LogP) is 5.32. The van der Waals surface area contributed by atoms with Gasteiger partial charge in [-0.05, 0) is 68.2 Å². The zero-order valence-electron chi connectivity index (χ0n) is 19.7. The van der Waals surface area contributed by atoms with Crippen LogP contribution in [-0.4, -0.2) is 21.4 Å². The molecule has 170 valence electrons. The largest absolute Gasteiger partial charge is 0.294 e. The van der Waals surface area contributed by atoms with Gasteiger partial charge in [0.2, 0.25) is 0 Å². The van der Waals surface area contributed by atoms with Crippen molar-refractivity contribution in [3.05, 3.63) is 86.8 Å². The molecular formula is C27H30N4O2. The Hall–Kier alpha value is -3.67. The number of amides is 1. The molecule has 2 aromatic carbocycles. The summed E-state index contributed by atoms with van der Waals surface area (Å²) in [5.74, 6) is -0.200. The van der Waals surface area contributed by atoms with Gasteiger partial charge in [-0.3, -0.25) is 14.7 Å². The lowest BCUT2D eigenvalue weighted by molar-refractivity contribution is -0.114. The highest BCUT2D eigenvalue weighted by Crippen LogP contribution is 2.27. The summed E-state index contributed by atoms with van der Waals surface area (Å²) in [6.07, 6.45) is 4.85. The fourth-order valence-electron chi connectivity index (χ4n) is 4.14. The Morgan fingerprint density at radius 2 is 1.55 bits per heavy atom. The van der Waals surface area contributed by atoms with Crippen LogP contribution in [0.15, 0.2) is 64.0 Å². The molecule has 0 saturated heterocycles. The quantitative estimate of drug-likeness (QED) is 0.503. The summed E-state index contributed by atoms with van der Waals surface area (Å²) in [6.45, 7) is 8.12. The summed E-state index contributed by atoms with van der Waals surface area (Å²) in [6, 6.07) is 15.5. The highest BCUT2D eigenvalue weighted by Gasteiger charge is 2.31. The Morgan fingerprint density at radius 1 is 0.909 bits per heavy atom. The fourth-order valence-corrected chi connectivity index (χ4v) is 4.14. The van der Waals surface area contributed by atoms with Crippen LogP contribution in [0.4, 0.5) is 5.69 Å². The molecule has 6 heteroatoms. The number of aromatic nitrogens is 2. The number of hydrogen-bond donors (Lipinski definition) is 1. The molecule has 1 aromatic heterocycles. The van der Waals surface area contributed by atoms with E-state index in [1.165, 1.54) is 5.01 Å². The van der Waals surface area contributed by atoms with E-state index in [0.717, 1.165) is 41.0 Å². The summed E-state index contributed by atoms with van der Waals surface area (Å²) in [5.41, 5.74) is 6.04. The first-order valence-electron chi connectivity index (χ1n) is 11.5. The van der Waals surface area contributed by atoms with Crippen molar-refractivity contribution in [1.82, 2.24) is 9.78 Å². The SMILES string of the molecule is CCCC1=NN(c2cccc(C)c2)C(=O)/C1=C\c1c(CCC)[nH]n(-c2cccc(C)c2)c1=O. The molecule has 0 spiro atoms. The molecule has 0 atom stereocenters. The minimum absolute atomic E-state index is 0.158. The second kappa shape index (κ2) is 9.45. The summed E-state index contributed by atoms with van der Waals surface area (Å²) in [5, 5.41) is 9.37. The molecule has 4 rings (SSSR count). The predicted molar refractivity (Wildman–Crippen MR) is 134 cm³/mol. The van der Waals surface area contributed by atoms with Crippen LogP contribution < -0.4 is 10.6 Å². The standard InChI is InChI=1S/C27H30N4O2/c1-5-9-24-22(26(32)30(28-24)20-13-7-11-18(3)15-20)17-23-25(10-6-2)29-31(27(23)33)21-14-8-12-19(4)16-21/h7-8,11-17,28H,5-6,9-10H2,1-4H3/b23-17-. The van der Waals surface area contributed by atoms with Crippen molar-refractivity contribution in [1.29, 1.82) is 0 Å². The number of nitrogens with one attached hydrogen (secondary N) is 1. The highest BCUT2D eigenvalue weighted by molar-refractivity contribution is 6.32. The summed E-state index contributed by atoms with van der Waals surface area (Å²) in [4.78, 5) is 26.9. The first kappa shape index (κ1) is 22.5. The Kier molecular flexibility index (Phi) is 6.45. The van der Waals surface area contributed by atoms with Crippen LogP contribution >= 0.6 is 0 Å². The number of benzene rings is 2. The van der Waals surface area contributed by atoms with Gasteiger partial charge in [-0.25, -0.2) is 4.68 Å². The van der Waals surface area contributed by atoms with Gasteiger partial charge in [0, 0.05) is 5.69 Å². The van der Waals surface area contributed by atoms with E-state index in [-0.39, 0.29) is 11.5 Å². The molecule has 2 heterocycles. The molecule has 0 unspecified atom stereocenters. The second-order valence-corrected chi connectivity index (χ2v) is 8.54. The van der Waals surface area contributed by atoms with E-state index in [1.54, 1.807) is 10.8 Å². The lowest BCUT2D eigenvalue weighted by Gasteiger charge is -2.12. The number of carbonyl (C=O) groups is 1. The van der Waals surface area contributed by atoms with Crippen LogP contribution in [0.5, 0.6) is 0 Å². The number of aryl methyl sites for hydroxylation is 3. The first-order chi connectivity index (χ1) is 15.9. The number of H-pyrrole nitrogens is 1. The lowest BCUT2D eigenvalue weighted by atomic mass is 10.0. The van der Waals surface area contributed by atoms with Crippen molar-refractivity contribution in [2.24, 2.45) is 5.10 Å². The maximum absolute atomic E-state index is 13.5. The molecule has 0 radical (unpaired) electrons. The van der Waals surface area contributed by atoms with E-state index >= 15 is 0 Å². The van der Waals surface area contributed by atoms with E-state index in [9.17, 15) is 9.59 Å². The monoisotopic (exact) mass is 442 g/mol. The van der Waals surface area contributed by atoms with E-state index in [4.69, 9.17) is 0 Å². The highest BCUT2D eigenvalue weighted by atomic mass is 16.2. The van der Waals surface area contributed by atoms with Gasteiger partial charge >= 0.3 is 0 Å². The minimum atomic E-state index is -0.200. The van der Waals surface area contributed by atoms with E-state index in [1.807, 2.05) is 62.4 Å². The molecule has 0 fully saturated rings. The van der Waals surface area contributed by atoms with E-state index < -0.39 is 0 Å². The lowest BCUT2D eigenvalue weighted by Crippen LogP contribution is -2.22. The molecule has 0 saturated carbocycles. The average Bonchev–Trinajstić information content (AvgIpc) is 3.26. The molecule has 3 aromatic rings. The van der Waals surface area contributed by atoms with Crippen LogP contribution in [-0.2, 0) is 11.2 Å². The Morgan fingerprint density at radius 3 is 2.18 bits per heavy atom. The van der Waals surface area contributed by atoms with Crippen molar-refractivity contribution < 1.29 is 4.79 Å². The van der Waals surface area contributed by atoms with Crippen LogP contribution in [0.2, 0.25) is 0 Å². The van der Waals surface area contributed by atoms with Crippen LogP contribution in [0.3, 0.4) is 0 Å². The molecule has 0 bridgehead atoms. The molecule has 1 aliphatic rings.